The zero-order valence-corrected chi connectivity index (χ0v) is 14.7. The van der Waals surface area contributed by atoms with E-state index < -0.39 is 0 Å². The monoisotopic (exact) mass is 318 g/mol. The molecule has 0 amide bonds. The highest BCUT2D eigenvalue weighted by molar-refractivity contribution is 5.82. The Morgan fingerprint density at radius 1 is 0.609 bits per heavy atom. The molecule has 1 heterocycles. The maximum atomic E-state index is 11.5. The lowest BCUT2D eigenvalue weighted by molar-refractivity contribution is -0.137. The van der Waals surface area contributed by atoms with Gasteiger partial charge in [-0.25, -0.2) is 4.79 Å². The van der Waals surface area contributed by atoms with Gasteiger partial charge in [-0.3, -0.25) is 0 Å². The van der Waals surface area contributed by atoms with Gasteiger partial charge < -0.3 is 4.74 Å². The normalized spacial score (nSPS) is 21.1. The maximum absolute atomic E-state index is 11.5. The van der Waals surface area contributed by atoms with Gasteiger partial charge in [0.05, 0.1) is 6.61 Å². The Morgan fingerprint density at radius 3 is 1.83 bits per heavy atom. The Bertz CT molecular complexity index is 366. The number of ether oxygens (including phenoxy) is 1. The summed E-state index contributed by atoms with van der Waals surface area (Å²) in [5, 5.41) is 0. The van der Waals surface area contributed by atoms with Gasteiger partial charge in [-0.2, -0.15) is 0 Å². The third-order valence-corrected chi connectivity index (χ3v) is 4.15. The standard InChI is InChI=1S/C21H34O2/c22-21-19-17-15-13-11-9-7-5-3-1-2-4-6-8-10-12-14-16-18-20-23-21/h1,3,13,15,17,19H,2,4-12,14,16,18,20H2. The second-order valence-corrected chi connectivity index (χ2v) is 6.33. The van der Waals surface area contributed by atoms with E-state index >= 15 is 0 Å². The van der Waals surface area contributed by atoms with Gasteiger partial charge in [0, 0.05) is 6.08 Å². The molecule has 0 atom stereocenters. The lowest BCUT2D eigenvalue weighted by Crippen LogP contribution is -2.02. The van der Waals surface area contributed by atoms with E-state index in [4.69, 9.17) is 4.74 Å². The maximum Gasteiger partial charge on any atom is 0.330 e. The minimum Gasteiger partial charge on any atom is -0.463 e. The van der Waals surface area contributed by atoms with Crippen LogP contribution in [-0.4, -0.2) is 12.6 Å². The van der Waals surface area contributed by atoms with Crippen molar-refractivity contribution in [2.24, 2.45) is 0 Å². The largest absolute Gasteiger partial charge is 0.463 e. The van der Waals surface area contributed by atoms with E-state index in [1.807, 2.05) is 6.08 Å². The van der Waals surface area contributed by atoms with E-state index in [0.29, 0.717) is 6.61 Å². The zero-order valence-electron chi connectivity index (χ0n) is 14.7. The van der Waals surface area contributed by atoms with Crippen LogP contribution in [0, 0.1) is 0 Å². The highest BCUT2D eigenvalue weighted by atomic mass is 16.5. The van der Waals surface area contributed by atoms with Crippen molar-refractivity contribution in [2.75, 3.05) is 6.61 Å². The fourth-order valence-electron chi connectivity index (χ4n) is 2.71. The smallest absolute Gasteiger partial charge is 0.330 e. The average Bonchev–Trinajstić information content (AvgIpc) is 2.55. The highest BCUT2D eigenvalue weighted by Crippen LogP contribution is 2.10. The van der Waals surface area contributed by atoms with Crippen molar-refractivity contribution < 1.29 is 9.53 Å². The van der Waals surface area contributed by atoms with E-state index in [2.05, 4.69) is 18.2 Å². The van der Waals surface area contributed by atoms with Gasteiger partial charge in [0.1, 0.15) is 0 Å². The molecule has 0 N–H and O–H groups in total. The molecule has 0 bridgehead atoms. The molecule has 2 nitrogen and oxygen atoms in total. The summed E-state index contributed by atoms with van der Waals surface area (Å²) in [6, 6.07) is 0. The molecule has 0 fully saturated rings. The van der Waals surface area contributed by atoms with Crippen molar-refractivity contribution in [2.45, 2.75) is 83.5 Å². The second kappa shape index (κ2) is 15.6. The number of esters is 1. The Hall–Kier alpha value is -1.31. The first-order chi connectivity index (χ1) is 11.4. The number of carbonyl (C=O) groups is 1. The van der Waals surface area contributed by atoms with Crippen LogP contribution in [0.2, 0.25) is 0 Å². The molecular formula is C21H34O2. The van der Waals surface area contributed by atoms with Crippen molar-refractivity contribution in [1.29, 1.82) is 0 Å². The quantitative estimate of drug-likeness (QED) is 0.388. The van der Waals surface area contributed by atoms with E-state index in [1.54, 1.807) is 6.08 Å². The van der Waals surface area contributed by atoms with Crippen molar-refractivity contribution in [3.8, 4) is 0 Å². The molecule has 0 aromatic carbocycles. The summed E-state index contributed by atoms with van der Waals surface area (Å²) < 4.78 is 5.19. The van der Waals surface area contributed by atoms with Crippen LogP contribution in [-0.2, 0) is 9.53 Å². The van der Waals surface area contributed by atoms with Crippen molar-refractivity contribution in [3.63, 3.8) is 0 Å². The third kappa shape index (κ3) is 14.0. The van der Waals surface area contributed by atoms with Crippen molar-refractivity contribution in [1.82, 2.24) is 0 Å². The Balaban J connectivity index is 2.25. The molecule has 0 spiro atoms. The summed E-state index contributed by atoms with van der Waals surface area (Å²) in [4.78, 5) is 11.5. The first-order valence-corrected chi connectivity index (χ1v) is 9.54. The first kappa shape index (κ1) is 19.7. The van der Waals surface area contributed by atoms with E-state index in [9.17, 15) is 4.79 Å². The number of hydrogen-bond donors (Lipinski definition) is 0. The SMILES string of the molecule is O=C1C=CC=CCCCCC=CCCCCCCCCCCO1. The van der Waals surface area contributed by atoms with Crippen LogP contribution in [0.3, 0.4) is 0 Å². The highest BCUT2D eigenvalue weighted by Gasteiger charge is 1.96. The summed E-state index contributed by atoms with van der Waals surface area (Å²) >= 11 is 0. The topological polar surface area (TPSA) is 26.3 Å². The lowest BCUT2D eigenvalue weighted by atomic mass is 10.1. The molecular weight excluding hydrogens is 284 g/mol. The average molecular weight is 319 g/mol. The number of rotatable bonds is 0. The number of hydrogen-bond acceptors (Lipinski definition) is 2. The van der Waals surface area contributed by atoms with Crippen LogP contribution >= 0.6 is 0 Å². The van der Waals surface area contributed by atoms with Crippen LogP contribution in [0.15, 0.2) is 36.5 Å². The molecule has 23 heavy (non-hydrogen) atoms. The second-order valence-electron chi connectivity index (χ2n) is 6.33. The van der Waals surface area contributed by atoms with Gasteiger partial charge in [-0.1, -0.05) is 68.9 Å². The summed E-state index contributed by atoms with van der Waals surface area (Å²) in [5.74, 6) is -0.220. The van der Waals surface area contributed by atoms with Crippen LogP contribution < -0.4 is 0 Å². The molecule has 1 aliphatic rings. The molecule has 1 aliphatic heterocycles. The summed E-state index contributed by atoms with van der Waals surface area (Å²) in [5.41, 5.74) is 0. The van der Waals surface area contributed by atoms with E-state index in [1.165, 1.54) is 76.7 Å². The fraction of sp³-hybridized carbons (Fsp3) is 0.667. The minimum atomic E-state index is -0.220. The third-order valence-electron chi connectivity index (χ3n) is 4.15. The predicted octanol–water partition coefficient (Wildman–Crippen LogP) is 6.28. The Labute approximate surface area is 142 Å². The van der Waals surface area contributed by atoms with E-state index in [-0.39, 0.29) is 5.97 Å². The van der Waals surface area contributed by atoms with Crippen LogP contribution in [0.5, 0.6) is 0 Å². The Morgan fingerprint density at radius 2 is 1.13 bits per heavy atom. The minimum absolute atomic E-state index is 0.220. The van der Waals surface area contributed by atoms with Gasteiger partial charge >= 0.3 is 5.97 Å². The molecule has 0 aromatic heterocycles. The van der Waals surface area contributed by atoms with Crippen molar-refractivity contribution in [3.05, 3.63) is 36.5 Å². The first-order valence-electron chi connectivity index (χ1n) is 9.54. The molecule has 130 valence electrons. The van der Waals surface area contributed by atoms with Gasteiger partial charge in [0.25, 0.3) is 0 Å². The molecule has 0 saturated heterocycles. The van der Waals surface area contributed by atoms with Crippen LogP contribution in [0.4, 0.5) is 0 Å². The lowest BCUT2D eigenvalue weighted by Gasteiger charge is -2.03. The van der Waals surface area contributed by atoms with E-state index in [0.717, 1.165) is 12.8 Å². The number of carbonyl (C=O) groups excluding carboxylic acids is 1. The van der Waals surface area contributed by atoms with Gasteiger partial charge in [-0.15, -0.1) is 0 Å². The molecule has 0 unspecified atom stereocenters. The molecule has 2 heteroatoms. The van der Waals surface area contributed by atoms with Gasteiger partial charge in [0.2, 0.25) is 0 Å². The Kier molecular flexibility index (Phi) is 13.4. The molecule has 1 rings (SSSR count). The molecule has 0 aliphatic carbocycles. The predicted molar refractivity (Wildman–Crippen MR) is 98.4 cm³/mol. The van der Waals surface area contributed by atoms with Gasteiger partial charge in [0.15, 0.2) is 0 Å². The molecule has 0 saturated carbocycles. The summed E-state index contributed by atoms with van der Waals surface area (Å²) in [6.07, 6.45) is 28.2. The molecule has 0 aromatic rings. The summed E-state index contributed by atoms with van der Waals surface area (Å²) in [6.45, 7) is 0.555. The number of cyclic esters (lactones) is 1. The number of allylic oxidation sites excluding steroid dienone is 5. The van der Waals surface area contributed by atoms with Gasteiger partial charge in [-0.05, 0) is 44.9 Å². The zero-order chi connectivity index (χ0) is 16.4. The van der Waals surface area contributed by atoms with Crippen LogP contribution in [0.25, 0.3) is 0 Å². The molecule has 0 radical (unpaired) electrons. The summed E-state index contributed by atoms with van der Waals surface area (Å²) in [7, 11) is 0. The van der Waals surface area contributed by atoms with Crippen molar-refractivity contribution >= 4 is 5.97 Å². The fourth-order valence-corrected chi connectivity index (χ4v) is 2.71. The van der Waals surface area contributed by atoms with Crippen LogP contribution in [0.1, 0.15) is 83.5 Å².